The van der Waals surface area contributed by atoms with Crippen LogP contribution in [0.5, 0.6) is 0 Å². The van der Waals surface area contributed by atoms with Gasteiger partial charge in [-0.2, -0.15) is 0 Å². The molecular weight excluding hydrogens is 208 g/mol. The van der Waals surface area contributed by atoms with E-state index < -0.39 is 6.43 Å². The first-order valence-electron chi connectivity index (χ1n) is 6.64. The van der Waals surface area contributed by atoms with Crippen LogP contribution in [0.3, 0.4) is 0 Å². The maximum atomic E-state index is 12.8. The lowest BCUT2D eigenvalue weighted by molar-refractivity contribution is 0.0798. The van der Waals surface area contributed by atoms with Crippen LogP contribution < -0.4 is 0 Å². The van der Waals surface area contributed by atoms with Gasteiger partial charge in [0.2, 0.25) is 6.43 Å². The molecule has 1 unspecified atom stereocenters. The van der Waals surface area contributed by atoms with E-state index >= 15 is 0 Å². The first-order chi connectivity index (χ1) is 7.61. The Bertz CT molecular complexity index is 281. The molecule has 0 aromatic rings. The second kappa shape index (κ2) is 3.66. The lowest BCUT2D eigenvalue weighted by atomic mass is 9.85. The molecule has 0 amide bonds. The van der Waals surface area contributed by atoms with Gasteiger partial charge in [0.05, 0.1) is 0 Å². The standard InChI is InChI=1S/C13H21F2N/c1-9-5-10(9)6-13-3-2-4-16(13)8-11(7-13)12(14)15/h9-12H,2-8H2,1H3/t9?,10-,11-,13+/m0/s1. The first-order valence-corrected chi connectivity index (χ1v) is 6.64. The SMILES string of the molecule is CC1C[C@H]1C[C@@]12CCCN1C[C@@H](C(F)F)C2. The zero-order valence-corrected chi connectivity index (χ0v) is 9.96. The fraction of sp³-hybridized carbons (Fsp3) is 1.00. The van der Waals surface area contributed by atoms with Crippen molar-refractivity contribution in [2.24, 2.45) is 17.8 Å². The minimum absolute atomic E-state index is 0.177. The molecule has 2 heterocycles. The highest BCUT2D eigenvalue weighted by Crippen LogP contribution is 2.52. The summed E-state index contributed by atoms with van der Waals surface area (Å²) in [4.78, 5) is 2.38. The van der Waals surface area contributed by atoms with Crippen LogP contribution in [-0.4, -0.2) is 30.0 Å². The van der Waals surface area contributed by atoms with Crippen LogP contribution in [0.15, 0.2) is 0 Å². The van der Waals surface area contributed by atoms with Crippen molar-refractivity contribution in [1.82, 2.24) is 4.90 Å². The molecule has 1 saturated carbocycles. The van der Waals surface area contributed by atoms with E-state index in [2.05, 4.69) is 11.8 Å². The van der Waals surface area contributed by atoms with Gasteiger partial charge in [0.1, 0.15) is 0 Å². The first kappa shape index (κ1) is 10.9. The minimum atomic E-state index is -2.11. The predicted molar refractivity (Wildman–Crippen MR) is 59.5 cm³/mol. The maximum absolute atomic E-state index is 12.8. The highest BCUT2D eigenvalue weighted by Gasteiger charge is 2.53. The fourth-order valence-electron chi connectivity index (χ4n) is 4.00. The number of nitrogens with zero attached hydrogens (tertiary/aromatic N) is 1. The van der Waals surface area contributed by atoms with Crippen LogP contribution in [0.25, 0.3) is 0 Å². The molecule has 3 rings (SSSR count). The summed E-state index contributed by atoms with van der Waals surface area (Å²) in [6, 6.07) is 0. The van der Waals surface area contributed by atoms with Gasteiger partial charge in [0, 0.05) is 18.0 Å². The molecule has 92 valence electrons. The van der Waals surface area contributed by atoms with Gasteiger partial charge in [-0.05, 0) is 50.5 Å². The van der Waals surface area contributed by atoms with E-state index in [0.29, 0.717) is 6.54 Å². The summed E-state index contributed by atoms with van der Waals surface area (Å²) in [5, 5.41) is 0. The third kappa shape index (κ3) is 1.68. The smallest absolute Gasteiger partial charge is 0.242 e. The van der Waals surface area contributed by atoms with E-state index in [9.17, 15) is 8.78 Å². The lowest BCUT2D eigenvalue weighted by Gasteiger charge is -2.32. The van der Waals surface area contributed by atoms with Crippen LogP contribution in [0.1, 0.15) is 39.0 Å². The molecule has 4 atom stereocenters. The number of hydrogen-bond donors (Lipinski definition) is 0. The van der Waals surface area contributed by atoms with E-state index in [0.717, 1.165) is 24.8 Å². The summed E-state index contributed by atoms with van der Waals surface area (Å²) in [5.41, 5.74) is 0.177. The molecule has 0 aromatic heterocycles. The molecule has 1 aliphatic carbocycles. The van der Waals surface area contributed by atoms with Crippen molar-refractivity contribution in [2.75, 3.05) is 13.1 Å². The molecule has 0 spiro atoms. The molecule has 3 aliphatic rings. The molecule has 2 saturated heterocycles. The van der Waals surface area contributed by atoms with Crippen molar-refractivity contribution in [3.63, 3.8) is 0 Å². The average molecular weight is 229 g/mol. The number of halogens is 2. The minimum Gasteiger partial charge on any atom is -0.297 e. The number of hydrogen-bond acceptors (Lipinski definition) is 1. The molecular formula is C13H21F2N. The van der Waals surface area contributed by atoms with Crippen LogP contribution in [0.4, 0.5) is 8.78 Å². The van der Waals surface area contributed by atoms with E-state index in [1.165, 1.54) is 25.7 Å². The number of rotatable bonds is 3. The van der Waals surface area contributed by atoms with Crippen LogP contribution in [-0.2, 0) is 0 Å². The third-order valence-electron chi connectivity index (χ3n) is 5.11. The summed E-state index contributed by atoms with van der Waals surface area (Å²) in [6.07, 6.45) is 3.55. The van der Waals surface area contributed by atoms with E-state index in [4.69, 9.17) is 0 Å². The van der Waals surface area contributed by atoms with Gasteiger partial charge in [-0.1, -0.05) is 6.92 Å². The Morgan fingerprint density at radius 2 is 2.19 bits per heavy atom. The summed E-state index contributed by atoms with van der Waals surface area (Å²) >= 11 is 0. The second-order valence-corrected chi connectivity index (χ2v) is 6.25. The van der Waals surface area contributed by atoms with Crippen molar-refractivity contribution in [3.8, 4) is 0 Å². The van der Waals surface area contributed by atoms with Gasteiger partial charge in [-0.25, -0.2) is 8.78 Å². The molecule has 0 aromatic carbocycles. The van der Waals surface area contributed by atoms with Gasteiger partial charge < -0.3 is 0 Å². The summed E-state index contributed by atoms with van der Waals surface area (Å²) in [7, 11) is 0. The summed E-state index contributed by atoms with van der Waals surface area (Å²) in [6.45, 7) is 4.00. The van der Waals surface area contributed by atoms with Crippen molar-refractivity contribution < 1.29 is 8.78 Å². The van der Waals surface area contributed by atoms with Gasteiger partial charge in [-0.15, -0.1) is 0 Å². The molecule has 0 N–H and O–H groups in total. The van der Waals surface area contributed by atoms with E-state index in [1.807, 2.05) is 0 Å². The van der Waals surface area contributed by atoms with Crippen LogP contribution in [0.2, 0.25) is 0 Å². The van der Waals surface area contributed by atoms with Crippen LogP contribution in [0, 0.1) is 17.8 Å². The van der Waals surface area contributed by atoms with Gasteiger partial charge in [-0.3, -0.25) is 4.90 Å². The number of alkyl halides is 2. The summed E-state index contributed by atoms with van der Waals surface area (Å²) in [5.74, 6) is 1.33. The second-order valence-electron chi connectivity index (χ2n) is 6.25. The Labute approximate surface area is 96.2 Å². The maximum Gasteiger partial charge on any atom is 0.242 e. The van der Waals surface area contributed by atoms with Gasteiger partial charge in [0.25, 0.3) is 0 Å². The monoisotopic (exact) mass is 229 g/mol. The fourth-order valence-corrected chi connectivity index (χ4v) is 4.00. The van der Waals surface area contributed by atoms with Crippen molar-refractivity contribution >= 4 is 0 Å². The molecule has 0 radical (unpaired) electrons. The summed E-state index contributed by atoms with van der Waals surface area (Å²) < 4.78 is 25.6. The normalized spacial score (nSPS) is 47.6. The van der Waals surface area contributed by atoms with Crippen LogP contribution >= 0.6 is 0 Å². The van der Waals surface area contributed by atoms with Crippen molar-refractivity contribution in [2.45, 2.75) is 51.0 Å². The lowest BCUT2D eigenvalue weighted by Crippen LogP contribution is -2.38. The molecule has 0 bridgehead atoms. The molecule has 16 heavy (non-hydrogen) atoms. The highest BCUT2D eigenvalue weighted by molar-refractivity contribution is 5.06. The molecule has 1 nitrogen and oxygen atoms in total. The van der Waals surface area contributed by atoms with E-state index in [1.54, 1.807) is 0 Å². The topological polar surface area (TPSA) is 3.24 Å². The zero-order valence-electron chi connectivity index (χ0n) is 9.96. The third-order valence-corrected chi connectivity index (χ3v) is 5.11. The molecule has 3 heteroatoms. The van der Waals surface area contributed by atoms with Gasteiger partial charge >= 0.3 is 0 Å². The van der Waals surface area contributed by atoms with Crippen molar-refractivity contribution in [3.05, 3.63) is 0 Å². The quantitative estimate of drug-likeness (QED) is 0.718. The van der Waals surface area contributed by atoms with Gasteiger partial charge in [0.15, 0.2) is 0 Å². The average Bonchev–Trinajstić information content (AvgIpc) is 2.62. The van der Waals surface area contributed by atoms with Crippen molar-refractivity contribution in [1.29, 1.82) is 0 Å². The predicted octanol–water partition coefficient (Wildman–Crippen LogP) is 3.15. The largest absolute Gasteiger partial charge is 0.297 e. The molecule has 2 aliphatic heterocycles. The Kier molecular flexibility index (Phi) is 2.50. The Morgan fingerprint density at radius 3 is 2.81 bits per heavy atom. The Morgan fingerprint density at radius 1 is 1.44 bits per heavy atom. The number of fused-ring (bicyclic) bond motifs is 1. The molecule has 3 fully saturated rings. The highest BCUT2D eigenvalue weighted by atomic mass is 19.3. The van der Waals surface area contributed by atoms with E-state index in [-0.39, 0.29) is 11.5 Å². The Hall–Kier alpha value is -0.180. The Balaban J connectivity index is 1.71. The zero-order chi connectivity index (χ0) is 11.3.